The van der Waals surface area contributed by atoms with Gasteiger partial charge in [0, 0.05) is 5.56 Å². The number of hydrogen-bond donors (Lipinski definition) is 0. The van der Waals surface area contributed by atoms with E-state index in [0.29, 0.717) is 10.6 Å². The molecule has 0 saturated heterocycles. The van der Waals surface area contributed by atoms with Gasteiger partial charge in [0.25, 0.3) is 0 Å². The lowest BCUT2D eigenvalue weighted by atomic mass is 10.1. The lowest BCUT2D eigenvalue weighted by Gasteiger charge is -1.94. The normalized spacial score (nSPS) is 8.38. The van der Waals surface area contributed by atoms with Gasteiger partial charge in [-0.25, -0.2) is 0 Å². The molecule has 0 aromatic heterocycles. The van der Waals surface area contributed by atoms with Gasteiger partial charge in [0.05, 0.1) is 16.5 Å². The molecule has 0 saturated carbocycles. The van der Waals surface area contributed by atoms with Crippen LogP contribution in [0.3, 0.4) is 0 Å². The van der Waals surface area contributed by atoms with Crippen LogP contribution in [-0.2, 0) is 0 Å². The Kier molecular flexibility index (Phi) is 3.65. The first-order valence-corrected chi connectivity index (χ1v) is 4.43. The molecule has 64 valence electrons. The van der Waals surface area contributed by atoms with Crippen molar-refractivity contribution in [2.75, 3.05) is 5.88 Å². The fourth-order valence-electron chi connectivity index (χ4n) is 0.819. The van der Waals surface area contributed by atoms with Crippen LogP contribution in [0.15, 0.2) is 18.2 Å². The Balaban J connectivity index is 3.04. The number of alkyl halides is 1. The van der Waals surface area contributed by atoms with Crippen molar-refractivity contribution in [1.82, 2.24) is 0 Å². The molecule has 0 amide bonds. The fraction of sp³-hybridized carbons (Fsp3) is 0.100. The summed E-state index contributed by atoms with van der Waals surface area (Å²) < 4.78 is 0. The Bertz CT molecular complexity index is 407. The van der Waals surface area contributed by atoms with Crippen molar-refractivity contribution in [1.29, 1.82) is 5.26 Å². The molecule has 0 spiro atoms. The van der Waals surface area contributed by atoms with E-state index >= 15 is 0 Å². The van der Waals surface area contributed by atoms with Crippen molar-refractivity contribution in [3.8, 4) is 17.9 Å². The SMILES string of the molecule is N#Cc1ccc(C#CCCl)cc1Cl. The molecule has 0 atom stereocenters. The van der Waals surface area contributed by atoms with Crippen molar-refractivity contribution < 1.29 is 0 Å². The molecule has 0 bridgehead atoms. The van der Waals surface area contributed by atoms with Crippen molar-refractivity contribution in [3.63, 3.8) is 0 Å². The Hall–Kier alpha value is -1.15. The van der Waals surface area contributed by atoms with Gasteiger partial charge in [0.2, 0.25) is 0 Å². The highest BCUT2D eigenvalue weighted by Crippen LogP contribution is 2.16. The van der Waals surface area contributed by atoms with Gasteiger partial charge in [-0.15, -0.1) is 11.6 Å². The summed E-state index contributed by atoms with van der Waals surface area (Å²) in [5.41, 5.74) is 1.22. The standard InChI is InChI=1S/C10H5Cl2N/c11-5-1-2-8-3-4-9(7-13)10(12)6-8/h3-4,6H,5H2. The zero-order chi connectivity index (χ0) is 9.68. The van der Waals surface area contributed by atoms with E-state index in [1.165, 1.54) is 0 Å². The Morgan fingerprint density at radius 2 is 2.15 bits per heavy atom. The summed E-state index contributed by atoms with van der Waals surface area (Å²) in [6.45, 7) is 0. The van der Waals surface area contributed by atoms with E-state index < -0.39 is 0 Å². The highest BCUT2D eigenvalue weighted by molar-refractivity contribution is 6.31. The van der Waals surface area contributed by atoms with Gasteiger partial charge < -0.3 is 0 Å². The third kappa shape index (κ3) is 2.67. The summed E-state index contributed by atoms with van der Waals surface area (Å²) in [6.07, 6.45) is 0. The Morgan fingerprint density at radius 3 is 2.69 bits per heavy atom. The molecule has 1 nitrogen and oxygen atoms in total. The molecule has 3 heteroatoms. The first kappa shape index (κ1) is 9.93. The minimum absolute atomic E-state index is 0.289. The van der Waals surface area contributed by atoms with Crippen molar-refractivity contribution in [2.24, 2.45) is 0 Å². The molecular weight excluding hydrogens is 205 g/mol. The number of nitriles is 1. The number of benzene rings is 1. The summed E-state index contributed by atoms with van der Waals surface area (Å²) in [4.78, 5) is 0. The van der Waals surface area contributed by atoms with Gasteiger partial charge in [0.15, 0.2) is 0 Å². The molecule has 0 radical (unpaired) electrons. The monoisotopic (exact) mass is 209 g/mol. The summed E-state index contributed by atoms with van der Waals surface area (Å²) in [7, 11) is 0. The van der Waals surface area contributed by atoms with Crippen molar-refractivity contribution in [3.05, 3.63) is 34.3 Å². The van der Waals surface area contributed by atoms with Crippen LogP contribution in [0, 0.1) is 23.2 Å². The van der Waals surface area contributed by atoms with Crippen LogP contribution in [0.4, 0.5) is 0 Å². The zero-order valence-corrected chi connectivity index (χ0v) is 8.15. The predicted octanol–water partition coefficient (Wildman–Crippen LogP) is 2.80. The molecule has 0 aliphatic heterocycles. The van der Waals surface area contributed by atoms with E-state index in [1.807, 2.05) is 6.07 Å². The van der Waals surface area contributed by atoms with E-state index in [-0.39, 0.29) is 5.88 Å². The molecule has 1 rings (SSSR count). The quantitative estimate of drug-likeness (QED) is 0.477. The molecule has 13 heavy (non-hydrogen) atoms. The van der Waals surface area contributed by atoms with Crippen LogP contribution in [0.2, 0.25) is 5.02 Å². The Labute approximate surface area is 86.9 Å². The minimum Gasteiger partial charge on any atom is -0.192 e. The molecule has 0 heterocycles. The first-order valence-electron chi connectivity index (χ1n) is 3.52. The number of rotatable bonds is 0. The molecule has 0 unspecified atom stereocenters. The third-order valence-electron chi connectivity index (χ3n) is 1.39. The summed E-state index contributed by atoms with van der Waals surface area (Å²) >= 11 is 11.2. The molecule has 0 aliphatic carbocycles. The van der Waals surface area contributed by atoms with Crippen LogP contribution in [0.5, 0.6) is 0 Å². The van der Waals surface area contributed by atoms with Gasteiger partial charge in [-0.2, -0.15) is 5.26 Å². The van der Waals surface area contributed by atoms with Gasteiger partial charge in [-0.3, -0.25) is 0 Å². The van der Waals surface area contributed by atoms with E-state index in [2.05, 4.69) is 11.8 Å². The number of halogens is 2. The van der Waals surface area contributed by atoms with E-state index in [0.717, 1.165) is 5.56 Å². The Morgan fingerprint density at radius 1 is 1.38 bits per heavy atom. The summed E-state index contributed by atoms with van der Waals surface area (Å²) in [5, 5.41) is 9.01. The molecular formula is C10H5Cl2N. The van der Waals surface area contributed by atoms with E-state index in [9.17, 15) is 0 Å². The van der Waals surface area contributed by atoms with Gasteiger partial charge in [-0.05, 0) is 18.2 Å². The number of nitrogens with zero attached hydrogens (tertiary/aromatic N) is 1. The smallest absolute Gasteiger partial charge is 0.101 e. The highest BCUT2D eigenvalue weighted by Gasteiger charge is 1.98. The molecule has 0 aliphatic rings. The number of hydrogen-bond acceptors (Lipinski definition) is 1. The molecule has 1 aromatic rings. The molecule has 0 N–H and O–H groups in total. The largest absolute Gasteiger partial charge is 0.192 e. The topological polar surface area (TPSA) is 23.8 Å². The van der Waals surface area contributed by atoms with E-state index in [4.69, 9.17) is 28.5 Å². The van der Waals surface area contributed by atoms with Gasteiger partial charge in [0.1, 0.15) is 6.07 Å². The van der Waals surface area contributed by atoms with Crippen LogP contribution in [0.1, 0.15) is 11.1 Å². The van der Waals surface area contributed by atoms with E-state index in [1.54, 1.807) is 18.2 Å². The second-order valence-electron chi connectivity index (χ2n) is 2.24. The maximum absolute atomic E-state index is 8.59. The average molecular weight is 210 g/mol. The lowest BCUT2D eigenvalue weighted by Crippen LogP contribution is -1.79. The molecule has 1 aromatic carbocycles. The maximum Gasteiger partial charge on any atom is 0.101 e. The average Bonchev–Trinajstić information content (AvgIpc) is 2.15. The lowest BCUT2D eigenvalue weighted by molar-refractivity contribution is 1.48. The predicted molar refractivity (Wildman–Crippen MR) is 53.8 cm³/mol. The summed E-state index contributed by atoms with van der Waals surface area (Å²) in [6, 6.07) is 7.00. The fourth-order valence-corrected chi connectivity index (χ4v) is 1.11. The molecule has 0 fully saturated rings. The maximum atomic E-state index is 8.59. The minimum atomic E-state index is 0.289. The second-order valence-corrected chi connectivity index (χ2v) is 2.92. The van der Waals surface area contributed by atoms with Crippen LogP contribution >= 0.6 is 23.2 Å². The summed E-state index contributed by atoms with van der Waals surface area (Å²) in [5.74, 6) is 5.80. The third-order valence-corrected chi connectivity index (χ3v) is 1.84. The zero-order valence-electron chi connectivity index (χ0n) is 6.64. The van der Waals surface area contributed by atoms with Gasteiger partial charge >= 0.3 is 0 Å². The van der Waals surface area contributed by atoms with Crippen LogP contribution in [0.25, 0.3) is 0 Å². The second kappa shape index (κ2) is 4.77. The van der Waals surface area contributed by atoms with Gasteiger partial charge in [-0.1, -0.05) is 23.4 Å². The van der Waals surface area contributed by atoms with Crippen molar-refractivity contribution in [2.45, 2.75) is 0 Å². The van der Waals surface area contributed by atoms with Crippen molar-refractivity contribution >= 4 is 23.2 Å². The van der Waals surface area contributed by atoms with Crippen LogP contribution < -0.4 is 0 Å². The first-order chi connectivity index (χ1) is 6.27. The van der Waals surface area contributed by atoms with Crippen LogP contribution in [-0.4, -0.2) is 5.88 Å². The highest BCUT2D eigenvalue weighted by atomic mass is 35.5.